The van der Waals surface area contributed by atoms with Crippen molar-refractivity contribution < 1.29 is 14.1 Å². The smallest absolute Gasteiger partial charge is 0.241 e. The topological polar surface area (TPSA) is 80.5 Å². The minimum Gasteiger partial charge on any atom is -0.491 e. The number of amides is 1. The highest BCUT2D eigenvalue weighted by Crippen LogP contribution is 2.22. The fourth-order valence-corrected chi connectivity index (χ4v) is 4.56. The number of hydrogen-bond donors (Lipinski definition) is 1. The van der Waals surface area contributed by atoms with Gasteiger partial charge in [0, 0.05) is 23.1 Å². The highest BCUT2D eigenvalue weighted by Gasteiger charge is 2.26. The van der Waals surface area contributed by atoms with Crippen LogP contribution < -0.4 is 10.1 Å². The molecule has 1 aliphatic heterocycles. The maximum atomic E-state index is 12.8. The number of halogens is 1. The molecule has 1 atom stereocenters. The number of aromatic nitrogens is 2. The van der Waals surface area contributed by atoms with E-state index >= 15 is 0 Å². The van der Waals surface area contributed by atoms with E-state index in [2.05, 4.69) is 48.4 Å². The normalized spacial score (nSPS) is 16.4. The van der Waals surface area contributed by atoms with Crippen molar-refractivity contribution in [2.24, 2.45) is 5.92 Å². The molecule has 8 heteroatoms. The average Bonchev–Trinajstić information content (AvgIpc) is 3.31. The van der Waals surface area contributed by atoms with Gasteiger partial charge in [-0.2, -0.15) is 4.98 Å². The number of hydrogen-bond acceptors (Lipinski definition) is 6. The van der Waals surface area contributed by atoms with Gasteiger partial charge in [0.25, 0.3) is 0 Å². The van der Waals surface area contributed by atoms with Crippen LogP contribution in [0.5, 0.6) is 5.75 Å². The molecule has 7 nitrogen and oxygen atoms in total. The molecule has 0 radical (unpaired) electrons. The molecule has 0 saturated carbocycles. The van der Waals surface area contributed by atoms with Gasteiger partial charge in [-0.3, -0.25) is 9.69 Å². The molecule has 1 aliphatic rings. The summed E-state index contributed by atoms with van der Waals surface area (Å²) < 4.78 is 12.2. The van der Waals surface area contributed by atoms with Crippen LogP contribution in [0.25, 0.3) is 11.4 Å². The van der Waals surface area contributed by atoms with Gasteiger partial charge in [-0.1, -0.05) is 33.2 Å². The Hall–Kier alpha value is -2.71. The zero-order valence-electron chi connectivity index (χ0n) is 20.4. The summed E-state index contributed by atoms with van der Waals surface area (Å²) in [5, 5.41) is 7.24. The van der Waals surface area contributed by atoms with Gasteiger partial charge in [-0.15, -0.1) is 0 Å². The third-order valence-corrected chi connectivity index (χ3v) is 6.57. The standard InChI is InChI=1S/C27H33BrN4O3/c1-19(2)34-24-13-7-20(8-14-24)5-3-15-29-27(33)22-6-4-16-32(17-22)18-25-30-26(31-35-25)21-9-11-23(28)12-10-21/h7-14,19,22H,3-6,15-18H2,1-2H3,(H,29,33). The van der Waals surface area contributed by atoms with E-state index in [0.717, 1.165) is 48.0 Å². The van der Waals surface area contributed by atoms with Crippen molar-refractivity contribution in [1.82, 2.24) is 20.4 Å². The maximum absolute atomic E-state index is 12.8. The van der Waals surface area contributed by atoms with Crippen LogP contribution in [0.1, 0.15) is 44.6 Å². The average molecular weight is 541 g/mol. The minimum absolute atomic E-state index is 0.00918. The first kappa shape index (κ1) is 25.4. The minimum atomic E-state index is -0.00918. The summed E-state index contributed by atoms with van der Waals surface area (Å²) in [7, 11) is 0. The van der Waals surface area contributed by atoms with E-state index in [1.807, 2.05) is 50.2 Å². The molecular weight excluding hydrogens is 508 g/mol. The fourth-order valence-electron chi connectivity index (χ4n) is 4.30. The predicted octanol–water partition coefficient (Wildman–Crippen LogP) is 5.25. The van der Waals surface area contributed by atoms with E-state index in [9.17, 15) is 4.79 Å². The molecule has 1 N–H and O–H groups in total. The van der Waals surface area contributed by atoms with Gasteiger partial charge in [0.2, 0.25) is 17.6 Å². The Kier molecular flexibility index (Phi) is 8.93. The van der Waals surface area contributed by atoms with Crippen LogP contribution in [0.3, 0.4) is 0 Å². The van der Waals surface area contributed by atoms with Crippen LogP contribution in [-0.2, 0) is 17.8 Å². The molecule has 186 valence electrons. The van der Waals surface area contributed by atoms with E-state index in [-0.39, 0.29) is 17.9 Å². The summed E-state index contributed by atoms with van der Waals surface area (Å²) in [4.78, 5) is 19.5. The lowest BCUT2D eigenvalue weighted by Crippen LogP contribution is -2.43. The molecule has 1 saturated heterocycles. The van der Waals surface area contributed by atoms with Gasteiger partial charge >= 0.3 is 0 Å². The molecule has 4 rings (SSSR count). The second-order valence-electron chi connectivity index (χ2n) is 9.30. The van der Waals surface area contributed by atoms with Gasteiger partial charge in [0.05, 0.1) is 18.6 Å². The van der Waals surface area contributed by atoms with E-state index in [4.69, 9.17) is 9.26 Å². The number of nitrogens with one attached hydrogen (secondary N) is 1. The Morgan fingerprint density at radius 1 is 1.20 bits per heavy atom. The van der Waals surface area contributed by atoms with Crippen LogP contribution in [0.2, 0.25) is 0 Å². The first-order valence-corrected chi connectivity index (χ1v) is 13.1. The Bertz CT molecular complexity index is 1080. The van der Waals surface area contributed by atoms with Gasteiger partial charge < -0.3 is 14.6 Å². The Labute approximate surface area is 215 Å². The second kappa shape index (κ2) is 12.3. The SMILES string of the molecule is CC(C)Oc1ccc(CCCNC(=O)C2CCCN(Cc3nc(-c4ccc(Br)cc4)no3)C2)cc1. The van der Waals surface area contributed by atoms with Crippen LogP contribution in [0.15, 0.2) is 57.5 Å². The number of ether oxygens (including phenoxy) is 1. The largest absolute Gasteiger partial charge is 0.491 e. The molecule has 2 aromatic carbocycles. The first-order valence-electron chi connectivity index (χ1n) is 12.3. The zero-order chi connectivity index (χ0) is 24.6. The number of likely N-dealkylation sites (tertiary alicyclic amines) is 1. The molecule has 0 spiro atoms. The highest BCUT2D eigenvalue weighted by molar-refractivity contribution is 9.10. The second-order valence-corrected chi connectivity index (χ2v) is 10.2. The molecule has 1 unspecified atom stereocenters. The highest BCUT2D eigenvalue weighted by atomic mass is 79.9. The molecule has 2 heterocycles. The van der Waals surface area contributed by atoms with Crippen LogP contribution in [0.4, 0.5) is 0 Å². The molecule has 1 aromatic heterocycles. The zero-order valence-corrected chi connectivity index (χ0v) is 22.0. The maximum Gasteiger partial charge on any atom is 0.241 e. The Balaban J connectivity index is 1.19. The quantitative estimate of drug-likeness (QED) is 0.354. The summed E-state index contributed by atoms with van der Waals surface area (Å²) in [5.74, 6) is 2.18. The van der Waals surface area contributed by atoms with Gasteiger partial charge in [-0.25, -0.2) is 0 Å². The van der Waals surface area contributed by atoms with Crippen molar-refractivity contribution in [3.05, 3.63) is 64.5 Å². The van der Waals surface area contributed by atoms with Crippen molar-refractivity contribution in [3.8, 4) is 17.1 Å². The number of benzene rings is 2. The molecule has 0 bridgehead atoms. The number of nitrogens with zero attached hydrogens (tertiary/aromatic N) is 3. The van der Waals surface area contributed by atoms with E-state index < -0.39 is 0 Å². The summed E-state index contributed by atoms with van der Waals surface area (Å²) in [6.07, 6.45) is 3.91. The predicted molar refractivity (Wildman–Crippen MR) is 139 cm³/mol. The lowest BCUT2D eigenvalue weighted by atomic mass is 9.97. The van der Waals surface area contributed by atoms with Crippen LogP contribution in [0, 0.1) is 5.92 Å². The van der Waals surface area contributed by atoms with Crippen molar-refractivity contribution in [2.45, 2.75) is 52.2 Å². The number of carbonyl (C=O) groups excluding carboxylic acids is 1. The Morgan fingerprint density at radius 3 is 2.71 bits per heavy atom. The number of aryl methyl sites for hydroxylation is 1. The molecule has 1 fully saturated rings. The van der Waals surface area contributed by atoms with Crippen molar-refractivity contribution in [2.75, 3.05) is 19.6 Å². The number of piperidine rings is 1. The van der Waals surface area contributed by atoms with Crippen LogP contribution in [-0.4, -0.2) is 46.7 Å². The van der Waals surface area contributed by atoms with Crippen molar-refractivity contribution >= 4 is 21.8 Å². The molecule has 0 aliphatic carbocycles. The van der Waals surface area contributed by atoms with Crippen LogP contribution >= 0.6 is 15.9 Å². The molecule has 3 aromatic rings. The summed E-state index contributed by atoms with van der Waals surface area (Å²) >= 11 is 3.44. The Morgan fingerprint density at radius 2 is 1.97 bits per heavy atom. The van der Waals surface area contributed by atoms with E-state index in [1.54, 1.807) is 0 Å². The molecular formula is C27H33BrN4O3. The van der Waals surface area contributed by atoms with Crippen molar-refractivity contribution in [3.63, 3.8) is 0 Å². The van der Waals surface area contributed by atoms with Crippen molar-refractivity contribution in [1.29, 1.82) is 0 Å². The summed E-state index contributed by atoms with van der Waals surface area (Å²) in [5.41, 5.74) is 2.17. The number of rotatable bonds is 10. The van der Waals surface area contributed by atoms with E-state index in [0.29, 0.717) is 31.3 Å². The lowest BCUT2D eigenvalue weighted by molar-refractivity contribution is -0.126. The van der Waals surface area contributed by atoms with Gasteiger partial charge in [-0.05, 0) is 88.0 Å². The fraction of sp³-hybridized carbons (Fsp3) is 0.444. The third-order valence-electron chi connectivity index (χ3n) is 6.04. The van der Waals surface area contributed by atoms with E-state index in [1.165, 1.54) is 5.56 Å². The third kappa shape index (κ3) is 7.64. The van der Waals surface area contributed by atoms with Gasteiger partial charge in [0.1, 0.15) is 5.75 Å². The molecule has 1 amide bonds. The number of carbonyl (C=O) groups is 1. The lowest BCUT2D eigenvalue weighted by Gasteiger charge is -2.30. The molecule has 35 heavy (non-hydrogen) atoms. The van der Waals surface area contributed by atoms with Gasteiger partial charge in [0.15, 0.2) is 0 Å². The summed E-state index contributed by atoms with van der Waals surface area (Å²) in [6, 6.07) is 16.0. The monoisotopic (exact) mass is 540 g/mol. The first-order chi connectivity index (χ1) is 17.0. The summed E-state index contributed by atoms with van der Waals surface area (Å²) in [6.45, 7) is 6.92.